The van der Waals surface area contributed by atoms with E-state index in [0.717, 1.165) is 34.8 Å². The summed E-state index contributed by atoms with van der Waals surface area (Å²) < 4.78 is 3.28. The van der Waals surface area contributed by atoms with Crippen LogP contribution >= 0.6 is 15.9 Å². The Morgan fingerprint density at radius 2 is 2.27 bits per heavy atom. The van der Waals surface area contributed by atoms with Crippen molar-refractivity contribution >= 4 is 26.8 Å². The van der Waals surface area contributed by atoms with Crippen molar-refractivity contribution in [2.45, 2.75) is 19.4 Å². The monoisotopic (exact) mass is 260 g/mol. The molecule has 2 heterocycles. The molecule has 15 heavy (non-hydrogen) atoms. The van der Waals surface area contributed by atoms with Crippen LogP contribution in [0.3, 0.4) is 0 Å². The van der Waals surface area contributed by atoms with Gasteiger partial charge in [0, 0.05) is 22.6 Å². The molecular weight excluding hydrogens is 252 g/mol. The first-order valence-electron chi connectivity index (χ1n) is 5.01. The average molecular weight is 261 g/mol. The Balaban J connectivity index is 2.49. The fraction of sp³-hybridized carbons (Fsp3) is 0.250. The predicted molar refractivity (Wildman–Crippen MR) is 62.7 cm³/mol. The lowest BCUT2D eigenvalue weighted by Crippen LogP contribution is -2.06. The minimum atomic E-state index is 0.787. The molecule has 0 saturated carbocycles. The van der Waals surface area contributed by atoms with E-state index in [1.165, 1.54) is 11.1 Å². The fourth-order valence-electron chi connectivity index (χ4n) is 2.39. The van der Waals surface area contributed by atoms with E-state index < -0.39 is 0 Å². The number of halogens is 1. The number of nitrogens with zero attached hydrogens (tertiary/aromatic N) is 2. The second-order valence-electron chi connectivity index (χ2n) is 3.91. The summed E-state index contributed by atoms with van der Waals surface area (Å²) in [5.41, 5.74) is 3.39. The Kier molecular flexibility index (Phi) is 1.86. The molecule has 0 spiro atoms. The van der Waals surface area contributed by atoms with Crippen LogP contribution in [0, 0.1) is 11.3 Å². The highest BCUT2D eigenvalue weighted by Crippen LogP contribution is 2.32. The third-order valence-electron chi connectivity index (χ3n) is 2.98. The number of nitriles is 1. The van der Waals surface area contributed by atoms with Crippen LogP contribution < -0.4 is 0 Å². The van der Waals surface area contributed by atoms with Crippen LogP contribution in [0.15, 0.2) is 22.8 Å². The lowest BCUT2D eigenvalue weighted by Gasteiger charge is -2.15. The normalized spacial score (nSPS) is 14.1. The first-order valence-corrected chi connectivity index (χ1v) is 5.80. The summed E-state index contributed by atoms with van der Waals surface area (Å²) in [6, 6.07) is 6.47. The fourth-order valence-corrected chi connectivity index (χ4v) is 2.89. The van der Waals surface area contributed by atoms with Crippen LogP contribution in [0.25, 0.3) is 10.9 Å². The first-order chi connectivity index (χ1) is 7.29. The molecule has 1 aliphatic rings. The Hall–Kier alpha value is -1.27. The minimum absolute atomic E-state index is 0.787. The van der Waals surface area contributed by atoms with Crippen LogP contribution in [0.5, 0.6) is 0 Å². The molecule has 0 unspecified atom stereocenters. The molecule has 3 heteroatoms. The van der Waals surface area contributed by atoms with Crippen molar-refractivity contribution in [3.8, 4) is 6.07 Å². The van der Waals surface area contributed by atoms with Gasteiger partial charge in [-0.3, -0.25) is 0 Å². The molecule has 0 bridgehead atoms. The highest BCUT2D eigenvalue weighted by molar-refractivity contribution is 9.10. The van der Waals surface area contributed by atoms with E-state index in [1.807, 2.05) is 12.3 Å². The third-order valence-corrected chi connectivity index (χ3v) is 3.44. The first kappa shape index (κ1) is 8.99. The number of aryl methyl sites for hydroxylation is 2. The van der Waals surface area contributed by atoms with Crippen molar-refractivity contribution in [3.63, 3.8) is 0 Å². The second kappa shape index (κ2) is 3.11. The van der Waals surface area contributed by atoms with Crippen molar-refractivity contribution in [2.75, 3.05) is 0 Å². The van der Waals surface area contributed by atoms with Gasteiger partial charge in [0.1, 0.15) is 6.07 Å². The van der Waals surface area contributed by atoms with Gasteiger partial charge in [0.15, 0.2) is 0 Å². The van der Waals surface area contributed by atoms with E-state index >= 15 is 0 Å². The molecule has 1 aliphatic heterocycles. The summed E-state index contributed by atoms with van der Waals surface area (Å²) in [6.45, 7) is 1.03. The van der Waals surface area contributed by atoms with Gasteiger partial charge < -0.3 is 4.57 Å². The molecule has 0 N–H and O–H groups in total. The van der Waals surface area contributed by atoms with Gasteiger partial charge >= 0.3 is 0 Å². The van der Waals surface area contributed by atoms with E-state index in [4.69, 9.17) is 5.26 Å². The van der Waals surface area contributed by atoms with Crippen molar-refractivity contribution in [1.29, 1.82) is 5.26 Å². The van der Waals surface area contributed by atoms with Crippen LogP contribution in [-0.2, 0) is 13.0 Å². The highest BCUT2D eigenvalue weighted by Gasteiger charge is 2.16. The van der Waals surface area contributed by atoms with Crippen molar-refractivity contribution < 1.29 is 0 Å². The lowest BCUT2D eigenvalue weighted by atomic mass is 10.0. The van der Waals surface area contributed by atoms with Gasteiger partial charge in [-0.25, -0.2) is 0 Å². The molecule has 0 atom stereocenters. The molecule has 0 aliphatic carbocycles. The minimum Gasteiger partial charge on any atom is -0.346 e. The number of rotatable bonds is 0. The van der Waals surface area contributed by atoms with Crippen molar-refractivity contribution in [3.05, 3.63) is 33.9 Å². The molecular formula is C12H9BrN2. The zero-order valence-corrected chi connectivity index (χ0v) is 9.71. The molecule has 2 aromatic rings. The van der Waals surface area contributed by atoms with Crippen LogP contribution in [0.4, 0.5) is 0 Å². The molecule has 1 aromatic heterocycles. The Morgan fingerprint density at radius 3 is 3.07 bits per heavy atom. The molecule has 74 valence electrons. The average Bonchev–Trinajstić information content (AvgIpc) is 2.58. The molecule has 0 amide bonds. The van der Waals surface area contributed by atoms with E-state index in [2.05, 4.69) is 32.6 Å². The van der Waals surface area contributed by atoms with Gasteiger partial charge in [-0.2, -0.15) is 5.26 Å². The maximum atomic E-state index is 9.07. The third kappa shape index (κ3) is 1.22. The summed E-state index contributed by atoms with van der Waals surface area (Å²) in [7, 11) is 0. The summed E-state index contributed by atoms with van der Waals surface area (Å²) in [4.78, 5) is 0. The molecule has 0 radical (unpaired) electrons. The Labute approximate surface area is 96.2 Å². The smallest absolute Gasteiger partial charge is 0.101 e. The number of aromatic nitrogens is 1. The second-order valence-corrected chi connectivity index (χ2v) is 4.83. The van der Waals surface area contributed by atoms with Crippen molar-refractivity contribution in [2.24, 2.45) is 0 Å². The molecule has 0 fully saturated rings. The van der Waals surface area contributed by atoms with E-state index in [1.54, 1.807) is 0 Å². The molecule has 1 aromatic carbocycles. The van der Waals surface area contributed by atoms with Crippen LogP contribution in [0.1, 0.15) is 17.5 Å². The molecule has 0 saturated heterocycles. The van der Waals surface area contributed by atoms with Gasteiger partial charge in [0.2, 0.25) is 0 Å². The van der Waals surface area contributed by atoms with Gasteiger partial charge in [-0.1, -0.05) is 15.9 Å². The van der Waals surface area contributed by atoms with E-state index in [9.17, 15) is 0 Å². The molecule has 2 nitrogen and oxygen atoms in total. The maximum absolute atomic E-state index is 9.07. The zero-order valence-electron chi connectivity index (χ0n) is 8.13. The summed E-state index contributed by atoms with van der Waals surface area (Å²) in [5.74, 6) is 0. The summed E-state index contributed by atoms with van der Waals surface area (Å²) >= 11 is 3.50. The van der Waals surface area contributed by atoms with Gasteiger partial charge in [-0.15, -0.1) is 0 Å². The van der Waals surface area contributed by atoms with Crippen molar-refractivity contribution in [1.82, 2.24) is 4.57 Å². The summed E-state index contributed by atoms with van der Waals surface area (Å²) in [6.07, 6.45) is 4.25. The topological polar surface area (TPSA) is 28.7 Å². The largest absolute Gasteiger partial charge is 0.346 e. The van der Waals surface area contributed by atoms with Gasteiger partial charge in [0.25, 0.3) is 0 Å². The number of benzene rings is 1. The Morgan fingerprint density at radius 1 is 1.40 bits per heavy atom. The van der Waals surface area contributed by atoms with Gasteiger partial charge in [0.05, 0.1) is 11.1 Å². The SMILES string of the molecule is N#Cc1cn2c3c(cc(Br)cc13)CCC2. The molecule has 3 rings (SSSR count). The predicted octanol–water partition coefficient (Wildman–Crippen LogP) is 3.22. The summed E-state index contributed by atoms with van der Waals surface area (Å²) in [5, 5.41) is 10.2. The number of hydrogen-bond donors (Lipinski definition) is 0. The zero-order chi connectivity index (χ0) is 10.4. The van der Waals surface area contributed by atoms with E-state index in [-0.39, 0.29) is 0 Å². The van der Waals surface area contributed by atoms with Crippen LogP contribution in [0.2, 0.25) is 0 Å². The highest BCUT2D eigenvalue weighted by atomic mass is 79.9. The van der Waals surface area contributed by atoms with Crippen LogP contribution in [-0.4, -0.2) is 4.57 Å². The quantitative estimate of drug-likeness (QED) is 0.715. The van der Waals surface area contributed by atoms with Gasteiger partial charge in [-0.05, 0) is 30.5 Å². The standard InChI is InChI=1S/C12H9BrN2/c13-10-4-8-2-1-3-15-7-9(6-14)11(5-10)12(8)15/h4-5,7H,1-3H2. The number of hydrogen-bond acceptors (Lipinski definition) is 1. The maximum Gasteiger partial charge on any atom is 0.101 e. The lowest BCUT2D eigenvalue weighted by molar-refractivity contribution is 0.635. The Bertz CT molecular complexity index is 590. The van der Waals surface area contributed by atoms with E-state index in [0.29, 0.717) is 0 Å².